The number of piperidine rings is 1. The molecule has 106 valence electrons. The molecule has 0 aromatic heterocycles. The van der Waals surface area contributed by atoms with Crippen LogP contribution in [-0.4, -0.2) is 44.1 Å². The lowest BCUT2D eigenvalue weighted by Gasteiger charge is -2.30. The lowest BCUT2D eigenvalue weighted by atomic mass is 10.0. The molecular formula is C12H24N2O3S. The number of aliphatic hydroxyl groups is 1. The summed E-state index contributed by atoms with van der Waals surface area (Å²) in [7, 11) is -3.36. The van der Waals surface area contributed by atoms with E-state index in [0.717, 1.165) is 19.3 Å². The molecular weight excluding hydrogens is 252 g/mol. The highest BCUT2D eigenvalue weighted by atomic mass is 32.2. The van der Waals surface area contributed by atoms with Crippen molar-refractivity contribution in [2.45, 2.75) is 33.1 Å². The van der Waals surface area contributed by atoms with Gasteiger partial charge in [-0.1, -0.05) is 13.8 Å². The van der Waals surface area contributed by atoms with Crippen LogP contribution in [0.2, 0.25) is 0 Å². The highest BCUT2D eigenvalue weighted by Crippen LogP contribution is 2.51. The molecule has 2 N–H and O–H groups in total. The highest BCUT2D eigenvalue weighted by molar-refractivity contribution is 7.87. The van der Waals surface area contributed by atoms with Crippen LogP contribution < -0.4 is 4.72 Å². The Hall–Kier alpha value is -0.170. The highest BCUT2D eigenvalue weighted by Gasteiger charge is 2.45. The predicted octanol–water partition coefficient (Wildman–Crippen LogP) is 0.571. The molecule has 0 amide bonds. The molecule has 1 heterocycles. The molecule has 1 saturated heterocycles. The molecule has 18 heavy (non-hydrogen) atoms. The summed E-state index contributed by atoms with van der Waals surface area (Å²) in [6.07, 6.45) is 2.84. The molecule has 0 spiro atoms. The fourth-order valence-electron chi connectivity index (χ4n) is 2.62. The molecule has 1 aliphatic carbocycles. The van der Waals surface area contributed by atoms with Gasteiger partial charge in [0.2, 0.25) is 0 Å². The summed E-state index contributed by atoms with van der Waals surface area (Å²) in [4.78, 5) is 0. The first-order valence-corrected chi connectivity index (χ1v) is 8.15. The van der Waals surface area contributed by atoms with Crippen molar-refractivity contribution in [3.8, 4) is 0 Å². The van der Waals surface area contributed by atoms with E-state index >= 15 is 0 Å². The van der Waals surface area contributed by atoms with E-state index in [2.05, 4.69) is 18.6 Å². The van der Waals surface area contributed by atoms with E-state index in [0.29, 0.717) is 25.6 Å². The Kier molecular flexibility index (Phi) is 4.02. The first-order chi connectivity index (χ1) is 8.35. The maximum absolute atomic E-state index is 12.1. The Morgan fingerprint density at radius 3 is 2.67 bits per heavy atom. The Morgan fingerprint density at radius 2 is 2.11 bits per heavy atom. The van der Waals surface area contributed by atoms with Gasteiger partial charge in [-0.3, -0.25) is 0 Å². The van der Waals surface area contributed by atoms with E-state index in [4.69, 9.17) is 5.11 Å². The van der Waals surface area contributed by atoms with E-state index in [1.807, 2.05) is 0 Å². The zero-order valence-corrected chi connectivity index (χ0v) is 12.0. The predicted molar refractivity (Wildman–Crippen MR) is 70.2 cm³/mol. The SMILES string of the molecule is CC1(C)CC1CNS(=O)(=O)N1CCCC(CO)C1. The van der Waals surface area contributed by atoms with Crippen molar-refractivity contribution >= 4 is 10.2 Å². The third-order valence-electron chi connectivity index (χ3n) is 4.31. The minimum atomic E-state index is -3.36. The Balaban J connectivity index is 1.86. The number of aliphatic hydroxyl groups excluding tert-OH is 1. The van der Waals surface area contributed by atoms with E-state index < -0.39 is 10.2 Å². The normalized spacial score (nSPS) is 32.4. The Bertz CT molecular complexity index is 394. The molecule has 6 heteroatoms. The van der Waals surface area contributed by atoms with Gasteiger partial charge in [0, 0.05) is 26.2 Å². The van der Waals surface area contributed by atoms with Gasteiger partial charge in [-0.05, 0) is 36.5 Å². The fraction of sp³-hybridized carbons (Fsp3) is 1.00. The van der Waals surface area contributed by atoms with Crippen molar-refractivity contribution in [3.63, 3.8) is 0 Å². The average Bonchev–Trinajstić information content (AvgIpc) is 2.95. The molecule has 2 rings (SSSR count). The van der Waals surface area contributed by atoms with E-state index in [1.54, 1.807) is 0 Å². The Morgan fingerprint density at radius 1 is 1.44 bits per heavy atom. The molecule has 2 aliphatic rings. The summed E-state index contributed by atoms with van der Waals surface area (Å²) < 4.78 is 28.4. The molecule has 2 unspecified atom stereocenters. The smallest absolute Gasteiger partial charge is 0.279 e. The molecule has 2 atom stereocenters. The van der Waals surface area contributed by atoms with Crippen LogP contribution in [0.4, 0.5) is 0 Å². The van der Waals surface area contributed by atoms with Crippen LogP contribution in [0.25, 0.3) is 0 Å². The van der Waals surface area contributed by atoms with Crippen molar-refractivity contribution < 1.29 is 13.5 Å². The van der Waals surface area contributed by atoms with Crippen LogP contribution in [0.5, 0.6) is 0 Å². The van der Waals surface area contributed by atoms with E-state index in [9.17, 15) is 8.42 Å². The fourth-order valence-corrected chi connectivity index (χ4v) is 3.99. The van der Waals surface area contributed by atoms with Crippen LogP contribution in [-0.2, 0) is 10.2 Å². The molecule has 0 aromatic rings. The zero-order valence-electron chi connectivity index (χ0n) is 11.2. The number of nitrogens with one attached hydrogen (secondary N) is 1. The minimum absolute atomic E-state index is 0.0711. The maximum Gasteiger partial charge on any atom is 0.279 e. The monoisotopic (exact) mass is 276 g/mol. The molecule has 5 nitrogen and oxygen atoms in total. The quantitative estimate of drug-likeness (QED) is 0.771. The number of hydrogen-bond acceptors (Lipinski definition) is 3. The first-order valence-electron chi connectivity index (χ1n) is 6.71. The summed E-state index contributed by atoms with van der Waals surface area (Å²) in [5.74, 6) is 0.554. The van der Waals surface area contributed by atoms with Crippen molar-refractivity contribution in [3.05, 3.63) is 0 Å². The lowest BCUT2D eigenvalue weighted by Crippen LogP contribution is -2.47. The summed E-state index contributed by atoms with van der Waals surface area (Å²) in [6, 6.07) is 0. The number of rotatable bonds is 5. The molecule has 2 fully saturated rings. The lowest BCUT2D eigenvalue weighted by molar-refractivity contribution is 0.164. The molecule has 0 radical (unpaired) electrons. The third-order valence-corrected chi connectivity index (χ3v) is 5.85. The van der Waals surface area contributed by atoms with Gasteiger partial charge in [0.1, 0.15) is 0 Å². The molecule has 0 aromatic carbocycles. The largest absolute Gasteiger partial charge is 0.396 e. The number of nitrogens with zero attached hydrogens (tertiary/aromatic N) is 1. The second-order valence-corrected chi connectivity index (χ2v) is 8.05. The standard InChI is InChI=1S/C12H24N2O3S/c1-12(2)6-11(12)7-13-18(16,17)14-5-3-4-10(8-14)9-15/h10-11,13,15H,3-9H2,1-2H3. The van der Waals surface area contributed by atoms with Crippen LogP contribution in [0, 0.1) is 17.3 Å². The topological polar surface area (TPSA) is 69.6 Å². The van der Waals surface area contributed by atoms with Gasteiger partial charge >= 0.3 is 0 Å². The van der Waals surface area contributed by atoms with Gasteiger partial charge in [0.15, 0.2) is 0 Å². The van der Waals surface area contributed by atoms with Gasteiger partial charge in [-0.25, -0.2) is 4.72 Å². The van der Waals surface area contributed by atoms with Crippen molar-refractivity contribution in [2.75, 3.05) is 26.2 Å². The van der Waals surface area contributed by atoms with Crippen molar-refractivity contribution in [1.29, 1.82) is 0 Å². The first kappa shape index (κ1) is 14.2. The summed E-state index contributed by atoms with van der Waals surface area (Å²) in [6.45, 7) is 5.94. The van der Waals surface area contributed by atoms with Crippen LogP contribution in [0.3, 0.4) is 0 Å². The maximum atomic E-state index is 12.1. The minimum Gasteiger partial charge on any atom is -0.396 e. The van der Waals surface area contributed by atoms with Crippen LogP contribution in [0.15, 0.2) is 0 Å². The second kappa shape index (κ2) is 5.07. The van der Waals surface area contributed by atoms with Crippen molar-refractivity contribution in [1.82, 2.24) is 9.03 Å². The zero-order chi connectivity index (χ0) is 13.4. The van der Waals surface area contributed by atoms with Crippen molar-refractivity contribution in [2.24, 2.45) is 17.3 Å². The molecule has 1 aliphatic heterocycles. The molecule has 1 saturated carbocycles. The van der Waals surface area contributed by atoms with Gasteiger partial charge in [0.05, 0.1) is 0 Å². The second-order valence-electron chi connectivity index (χ2n) is 6.29. The molecule has 0 bridgehead atoms. The van der Waals surface area contributed by atoms with Crippen LogP contribution >= 0.6 is 0 Å². The van der Waals surface area contributed by atoms with Gasteiger partial charge in [-0.2, -0.15) is 12.7 Å². The van der Waals surface area contributed by atoms with Gasteiger partial charge in [-0.15, -0.1) is 0 Å². The summed E-state index contributed by atoms with van der Waals surface area (Å²) in [5, 5.41) is 9.13. The average molecular weight is 276 g/mol. The van der Waals surface area contributed by atoms with Crippen LogP contribution in [0.1, 0.15) is 33.1 Å². The Labute approximate surface area is 110 Å². The summed E-state index contributed by atoms with van der Waals surface area (Å²) >= 11 is 0. The van der Waals surface area contributed by atoms with Gasteiger partial charge in [0.25, 0.3) is 10.2 Å². The number of hydrogen-bond donors (Lipinski definition) is 2. The van der Waals surface area contributed by atoms with E-state index in [-0.39, 0.29) is 17.9 Å². The third kappa shape index (κ3) is 3.23. The van der Waals surface area contributed by atoms with Gasteiger partial charge < -0.3 is 5.11 Å². The summed E-state index contributed by atoms with van der Waals surface area (Å²) in [5.41, 5.74) is 0.290. The van der Waals surface area contributed by atoms with E-state index in [1.165, 1.54) is 4.31 Å².